The molecule has 2 nitrogen and oxygen atoms in total. The quantitative estimate of drug-likeness (QED) is 0.769. The largest absolute Gasteiger partial charge is 0.309 e. The van der Waals surface area contributed by atoms with E-state index >= 15 is 0 Å². The zero-order valence-corrected chi connectivity index (χ0v) is 11.1. The highest BCUT2D eigenvalue weighted by atomic mass is 15.2. The molecule has 1 rings (SSSR count). The highest BCUT2D eigenvalue weighted by Gasteiger charge is 2.24. The lowest BCUT2D eigenvalue weighted by molar-refractivity contribution is 0.164. The van der Waals surface area contributed by atoms with Crippen LogP contribution < -0.4 is 5.32 Å². The Hall–Kier alpha value is -0.0800. The molecule has 90 valence electrons. The van der Waals surface area contributed by atoms with Crippen molar-refractivity contribution < 1.29 is 0 Å². The van der Waals surface area contributed by atoms with Crippen LogP contribution in [0.1, 0.15) is 40.5 Å². The lowest BCUT2D eigenvalue weighted by Gasteiger charge is -2.38. The zero-order chi connectivity index (χ0) is 11.4. The van der Waals surface area contributed by atoms with Gasteiger partial charge in [0.2, 0.25) is 0 Å². The first-order valence-corrected chi connectivity index (χ1v) is 6.42. The van der Waals surface area contributed by atoms with Crippen LogP contribution >= 0.6 is 0 Å². The van der Waals surface area contributed by atoms with Gasteiger partial charge in [0, 0.05) is 25.2 Å². The van der Waals surface area contributed by atoms with E-state index in [2.05, 4.69) is 45.0 Å². The minimum atomic E-state index is 0.701. The van der Waals surface area contributed by atoms with Gasteiger partial charge in [-0.15, -0.1) is 0 Å². The summed E-state index contributed by atoms with van der Waals surface area (Å²) in [6.45, 7) is 11.7. The third kappa shape index (κ3) is 4.98. The van der Waals surface area contributed by atoms with Crippen LogP contribution in [0.4, 0.5) is 0 Å². The standard InChI is InChI=1S/C13H28N2/c1-10(2)6-12-8-15(5)9-13(14-12)7-11(3)4/h10-14H,6-9H2,1-5H3/t12-,13?/m1/s1. The van der Waals surface area contributed by atoms with Gasteiger partial charge in [-0.3, -0.25) is 0 Å². The molecule has 1 heterocycles. The summed E-state index contributed by atoms with van der Waals surface area (Å²) in [6.07, 6.45) is 2.61. The summed E-state index contributed by atoms with van der Waals surface area (Å²) in [4.78, 5) is 2.48. The second-order valence-electron chi connectivity index (χ2n) is 6.04. The molecular formula is C13H28N2. The third-order valence-corrected chi connectivity index (χ3v) is 3.05. The Morgan fingerprint density at radius 1 is 1.00 bits per heavy atom. The van der Waals surface area contributed by atoms with E-state index in [0.29, 0.717) is 12.1 Å². The van der Waals surface area contributed by atoms with Crippen molar-refractivity contribution in [3.63, 3.8) is 0 Å². The molecule has 0 aromatic carbocycles. The van der Waals surface area contributed by atoms with Gasteiger partial charge in [0.1, 0.15) is 0 Å². The summed E-state index contributed by atoms with van der Waals surface area (Å²) >= 11 is 0. The molecule has 0 spiro atoms. The van der Waals surface area contributed by atoms with Crippen LogP contribution in [0.25, 0.3) is 0 Å². The van der Waals surface area contributed by atoms with E-state index in [1.54, 1.807) is 0 Å². The van der Waals surface area contributed by atoms with Crippen LogP contribution in [0.2, 0.25) is 0 Å². The van der Waals surface area contributed by atoms with Crippen LogP contribution in [-0.2, 0) is 0 Å². The number of piperazine rings is 1. The van der Waals surface area contributed by atoms with E-state index in [-0.39, 0.29) is 0 Å². The van der Waals surface area contributed by atoms with Gasteiger partial charge in [-0.1, -0.05) is 27.7 Å². The molecule has 2 atom stereocenters. The van der Waals surface area contributed by atoms with Crippen molar-refractivity contribution in [1.82, 2.24) is 10.2 Å². The molecule has 0 bridgehead atoms. The fourth-order valence-electron chi connectivity index (χ4n) is 2.69. The molecule has 0 radical (unpaired) electrons. The number of hydrogen-bond acceptors (Lipinski definition) is 2. The van der Waals surface area contributed by atoms with Crippen LogP contribution in [0.15, 0.2) is 0 Å². The molecule has 1 aliphatic rings. The molecule has 2 heteroatoms. The van der Waals surface area contributed by atoms with Crippen LogP contribution in [0.5, 0.6) is 0 Å². The van der Waals surface area contributed by atoms with E-state index in [1.807, 2.05) is 0 Å². The predicted octanol–water partition coefficient (Wildman–Crippen LogP) is 2.35. The second kappa shape index (κ2) is 5.86. The number of nitrogens with zero attached hydrogens (tertiary/aromatic N) is 1. The van der Waals surface area contributed by atoms with Gasteiger partial charge >= 0.3 is 0 Å². The Morgan fingerprint density at radius 2 is 1.40 bits per heavy atom. The molecule has 1 fully saturated rings. The van der Waals surface area contributed by atoms with Crippen LogP contribution in [-0.4, -0.2) is 37.1 Å². The average Bonchev–Trinajstić information content (AvgIpc) is 1.98. The highest BCUT2D eigenvalue weighted by molar-refractivity contribution is 4.85. The summed E-state index contributed by atoms with van der Waals surface area (Å²) in [5.74, 6) is 1.60. The summed E-state index contributed by atoms with van der Waals surface area (Å²) < 4.78 is 0. The minimum absolute atomic E-state index is 0.701. The first-order valence-electron chi connectivity index (χ1n) is 6.42. The molecule has 1 unspecified atom stereocenters. The lowest BCUT2D eigenvalue weighted by Crippen LogP contribution is -2.55. The minimum Gasteiger partial charge on any atom is -0.309 e. The van der Waals surface area contributed by atoms with E-state index < -0.39 is 0 Å². The van der Waals surface area contributed by atoms with Crippen molar-refractivity contribution in [2.45, 2.75) is 52.6 Å². The van der Waals surface area contributed by atoms with E-state index in [9.17, 15) is 0 Å². The monoisotopic (exact) mass is 212 g/mol. The van der Waals surface area contributed by atoms with Gasteiger partial charge in [-0.25, -0.2) is 0 Å². The van der Waals surface area contributed by atoms with E-state index in [1.165, 1.54) is 25.9 Å². The topological polar surface area (TPSA) is 15.3 Å². The van der Waals surface area contributed by atoms with Crippen molar-refractivity contribution >= 4 is 0 Å². The van der Waals surface area contributed by atoms with Gasteiger partial charge in [-0.2, -0.15) is 0 Å². The Balaban J connectivity index is 2.41. The number of likely N-dealkylation sites (N-methyl/N-ethyl adjacent to an activating group) is 1. The molecule has 1 saturated heterocycles. The molecular weight excluding hydrogens is 184 g/mol. The van der Waals surface area contributed by atoms with E-state index in [0.717, 1.165) is 11.8 Å². The molecule has 1 N–H and O–H groups in total. The fraction of sp³-hybridized carbons (Fsp3) is 1.00. The first kappa shape index (κ1) is 13.0. The normalized spacial score (nSPS) is 29.0. The number of nitrogens with one attached hydrogen (secondary N) is 1. The molecule has 0 aliphatic carbocycles. The van der Waals surface area contributed by atoms with Gasteiger partial charge in [-0.05, 0) is 31.7 Å². The first-order chi connectivity index (χ1) is 6.97. The van der Waals surface area contributed by atoms with Gasteiger partial charge < -0.3 is 10.2 Å². The summed E-state index contributed by atoms with van der Waals surface area (Å²) in [5, 5.41) is 3.80. The second-order valence-corrected chi connectivity index (χ2v) is 6.04. The van der Waals surface area contributed by atoms with E-state index in [4.69, 9.17) is 0 Å². The van der Waals surface area contributed by atoms with Gasteiger partial charge in [0.05, 0.1) is 0 Å². The summed E-state index contributed by atoms with van der Waals surface area (Å²) in [5.41, 5.74) is 0. The maximum atomic E-state index is 3.80. The molecule has 0 amide bonds. The molecule has 0 aromatic heterocycles. The smallest absolute Gasteiger partial charge is 0.0200 e. The SMILES string of the molecule is CC(C)CC1CN(C)C[C@@H](CC(C)C)N1. The van der Waals surface area contributed by atoms with Crippen LogP contribution in [0.3, 0.4) is 0 Å². The summed E-state index contributed by atoms with van der Waals surface area (Å²) in [6, 6.07) is 1.40. The number of rotatable bonds is 4. The Kier molecular flexibility index (Phi) is 5.07. The summed E-state index contributed by atoms with van der Waals surface area (Å²) in [7, 11) is 2.25. The maximum absolute atomic E-state index is 3.80. The van der Waals surface area contributed by atoms with Crippen molar-refractivity contribution in [1.29, 1.82) is 0 Å². The lowest BCUT2D eigenvalue weighted by atomic mass is 9.96. The third-order valence-electron chi connectivity index (χ3n) is 3.05. The van der Waals surface area contributed by atoms with Crippen LogP contribution in [0, 0.1) is 11.8 Å². The maximum Gasteiger partial charge on any atom is 0.0200 e. The molecule has 1 aliphatic heterocycles. The van der Waals surface area contributed by atoms with Crippen molar-refractivity contribution in [3.8, 4) is 0 Å². The average molecular weight is 212 g/mol. The Bertz CT molecular complexity index is 155. The van der Waals surface area contributed by atoms with Gasteiger partial charge in [0.25, 0.3) is 0 Å². The van der Waals surface area contributed by atoms with Crippen molar-refractivity contribution in [3.05, 3.63) is 0 Å². The zero-order valence-electron chi connectivity index (χ0n) is 11.1. The Morgan fingerprint density at radius 3 is 1.73 bits per heavy atom. The molecule has 0 aromatic rings. The van der Waals surface area contributed by atoms with Crippen molar-refractivity contribution in [2.24, 2.45) is 11.8 Å². The highest BCUT2D eigenvalue weighted by Crippen LogP contribution is 2.15. The number of hydrogen-bond donors (Lipinski definition) is 1. The Labute approximate surface area is 95.4 Å². The molecule has 15 heavy (non-hydrogen) atoms. The fourth-order valence-corrected chi connectivity index (χ4v) is 2.69. The van der Waals surface area contributed by atoms with Gasteiger partial charge in [0.15, 0.2) is 0 Å². The molecule has 0 saturated carbocycles. The van der Waals surface area contributed by atoms with Crippen molar-refractivity contribution in [2.75, 3.05) is 20.1 Å². The predicted molar refractivity (Wildman–Crippen MR) is 67.1 cm³/mol.